The molecule has 1 aromatic carbocycles. The third kappa shape index (κ3) is 2.53. The molecule has 0 bridgehead atoms. The lowest BCUT2D eigenvalue weighted by atomic mass is 10.1. The molecule has 1 heterocycles. The van der Waals surface area contributed by atoms with Crippen molar-refractivity contribution in [2.24, 2.45) is 0 Å². The van der Waals surface area contributed by atoms with Gasteiger partial charge in [-0.25, -0.2) is 9.37 Å². The van der Waals surface area contributed by atoms with Crippen molar-refractivity contribution in [1.29, 1.82) is 0 Å². The molecule has 0 unspecified atom stereocenters. The van der Waals surface area contributed by atoms with Gasteiger partial charge in [0.1, 0.15) is 16.2 Å². The highest BCUT2D eigenvalue weighted by Gasteiger charge is 2.07. The number of hydrogen-bond donors (Lipinski definition) is 1. The maximum atomic E-state index is 13.3. The van der Waals surface area contributed by atoms with Crippen LogP contribution in [0.4, 0.5) is 4.39 Å². The van der Waals surface area contributed by atoms with Crippen molar-refractivity contribution in [2.75, 3.05) is 0 Å². The van der Waals surface area contributed by atoms with E-state index in [0.29, 0.717) is 20.9 Å². The molecule has 0 aliphatic heterocycles. The highest BCUT2D eigenvalue weighted by molar-refractivity contribution is 7.71. The average molecular weight is 269 g/mol. The Kier molecular flexibility index (Phi) is 3.26. The van der Waals surface area contributed by atoms with Crippen LogP contribution < -0.4 is 0 Å². The van der Waals surface area contributed by atoms with Crippen LogP contribution >= 0.6 is 23.8 Å². The molecule has 0 saturated heterocycles. The fourth-order valence-electron chi connectivity index (χ4n) is 1.51. The first-order valence-electron chi connectivity index (χ1n) is 5.01. The molecule has 17 heavy (non-hydrogen) atoms. The van der Waals surface area contributed by atoms with E-state index in [-0.39, 0.29) is 0 Å². The third-order valence-corrected chi connectivity index (χ3v) is 2.99. The number of benzene rings is 1. The molecule has 1 aromatic heterocycles. The quantitative estimate of drug-likeness (QED) is 0.785. The molecule has 88 valence electrons. The van der Waals surface area contributed by atoms with Gasteiger partial charge in [0.05, 0.1) is 5.69 Å². The second kappa shape index (κ2) is 4.55. The van der Waals surface area contributed by atoms with Gasteiger partial charge in [0.2, 0.25) is 0 Å². The topological polar surface area (TPSA) is 28.7 Å². The van der Waals surface area contributed by atoms with Gasteiger partial charge in [0.25, 0.3) is 0 Å². The average Bonchev–Trinajstić information content (AvgIpc) is 2.22. The van der Waals surface area contributed by atoms with Gasteiger partial charge >= 0.3 is 0 Å². The minimum Gasteiger partial charge on any atom is -0.347 e. The summed E-state index contributed by atoms with van der Waals surface area (Å²) in [5.74, 6) is -0.401. The Balaban J connectivity index is 2.68. The summed E-state index contributed by atoms with van der Waals surface area (Å²) in [5.41, 5.74) is 2.86. The van der Waals surface area contributed by atoms with Crippen LogP contribution in [0.5, 0.6) is 0 Å². The standard InChI is InChI=1S/C12H10ClFN2S/c1-6-7(2)16-12(17)11(15-6)8-3-9(13)5-10(14)4-8/h3-5H,1-2H3,(H,16,17). The second-order valence-electron chi connectivity index (χ2n) is 3.78. The number of H-pyrrole nitrogens is 1. The van der Waals surface area contributed by atoms with Crippen molar-refractivity contribution in [3.05, 3.63) is 45.1 Å². The Labute approximate surface area is 108 Å². The molecule has 2 rings (SSSR count). The van der Waals surface area contributed by atoms with Gasteiger partial charge in [-0.2, -0.15) is 0 Å². The van der Waals surface area contributed by atoms with Crippen LogP contribution in [-0.4, -0.2) is 9.97 Å². The molecule has 0 fully saturated rings. The molecule has 0 aliphatic rings. The predicted octanol–water partition coefficient (Wildman–Crippen LogP) is 4.22. The zero-order valence-corrected chi connectivity index (χ0v) is 10.9. The van der Waals surface area contributed by atoms with Crippen molar-refractivity contribution >= 4 is 23.8 Å². The van der Waals surface area contributed by atoms with Crippen molar-refractivity contribution in [2.45, 2.75) is 13.8 Å². The number of rotatable bonds is 1. The monoisotopic (exact) mass is 268 g/mol. The Hall–Kier alpha value is -1.26. The zero-order chi connectivity index (χ0) is 12.6. The van der Waals surface area contributed by atoms with Crippen LogP contribution in [0.2, 0.25) is 5.02 Å². The highest BCUT2D eigenvalue weighted by Crippen LogP contribution is 2.24. The van der Waals surface area contributed by atoms with E-state index in [9.17, 15) is 4.39 Å². The molecule has 2 aromatic rings. The van der Waals surface area contributed by atoms with Gasteiger partial charge in [0.15, 0.2) is 0 Å². The fourth-order valence-corrected chi connectivity index (χ4v) is 2.05. The maximum Gasteiger partial charge on any atom is 0.130 e. The van der Waals surface area contributed by atoms with Crippen molar-refractivity contribution in [3.63, 3.8) is 0 Å². The first kappa shape index (κ1) is 12.2. The number of nitrogens with one attached hydrogen (secondary N) is 1. The van der Waals surface area contributed by atoms with Crippen LogP contribution in [0.3, 0.4) is 0 Å². The van der Waals surface area contributed by atoms with Crippen LogP contribution in [0.1, 0.15) is 11.4 Å². The Morgan fingerprint density at radius 1 is 1.29 bits per heavy atom. The minimum atomic E-state index is -0.401. The maximum absolute atomic E-state index is 13.3. The normalized spacial score (nSPS) is 10.6. The smallest absolute Gasteiger partial charge is 0.130 e. The van der Waals surface area contributed by atoms with Crippen LogP contribution in [0.25, 0.3) is 11.3 Å². The summed E-state index contributed by atoms with van der Waals surface area (Å²) >= 11 is 11.0. The van der Waals surface area contributed by atoms with Gasteiger partial charge in [-0.3, -0.25) is 0 Å². The van der Waals surface area contributed by atoms with Crippen molar-refractivity contribution in [3.8, 4) is 11.3 Å². The number of aromatic amines is 1. The number of nitrogens with zero attached hydrogens (tertiary/aromatic N) is 1. The number of aromatic nitrogens is 2. The Morgan fingerprint density at radius 2 is 2.00 bits per heavy atom. The van der Waals surface area contributed by atoms with E-state index in [1.165, 1.54) is 12.1 Å². The number of hydrogen-bond acceptors (Lipinski definition) is 2. The molecule has 0 radical (unpaired) electrons. The van der Waals surface area contributed by atoms with Gasteiger partial charge in [0, 0.05) is 16.3 Å². The molecule has 0 aliphatic carbocycles. The van der Waals surface area contributed by atoms with Gasteiger partial charge in [-0.05, 0) is 32.0 Å². The molecule has 5 heteroatoms. The predicted molar refractivity (Wildman–Crippen MR) is 69.3 cm³/mol. The number of aryl methyl sites for hydroxylation is 2. The van der Waals surface area contributed by atoms with Gasteiger partial charge in [-0.15, -0.1) is 0 Å². The summed E-state index contributed by atoms with van der Waals surface area (Å²) < 4.78 is 13.8. The SMILES string of the molecule is Cc1nc(-c2cc(F)cc(Cl)c2)c(=S)[nH]c1C. The second-order valence-corrected chi connectivity index (χ2v) is 4.63. The molecular formula is C12H10ClFN2S. The molecule has 0 spiro atoms. The van der Waals surface area contributed by atoms with E-state index in [1.807, 2.05) is 13.8 Å². The number of halogens is 2. The van der Waals surface area contributed by atoms with Crippen LogP contribution in [-0.2, 0) is 0 Å². The zero-order valence-electron chi connectivity index (χ0n) is 9.34. The molecule has 0 saturated carbocycles. The lowest BCUT2D eigenvalue weighted by Crippen LogP contribution is -1.96. The molecule has 0 atom stereocenters. The highest BCUT2D eigenvalue weighted by atomic mass is 35.5. The van der Waals surface area contributed by atoms with Crippen molar-refractivity contribution in [1.82, 2.24) is 9.97 Å². The Morgan fingerprint density at radius 3 is 2.65 bits per heavy atom. The summed E-state index contributed by atoms with van der Waals surface area (Å²) in [6.45, 7) is 3.76. The third-order valence-electron chi connectivity index (χ3n) is 2.47. The molecule has 1 N–H and O–H groups in total. The van der Waals surface area contributed by atoms with Gasteiger partial charge < -0.3 is 4.98 Å². The van der Waals surface area contributed by atoms with E-state index in [2.05, 4.69) is 9.97 Å². The molecule has 2 nitrogen and oxygen atoms in total. The van der Waals surface area contributed by atoms with Crippen LogP contribution in [0, 0.1) is 24.3 Å². The summed E-state index contributed by atoms with van der Waals surface area (Å²) in [6, 6.07) is 4.26. The van der Waals surface area contributed by atoms with Crippen LogP contribution in [0.15, 0.2) is 18.2 Å². The van der Waals surface area contributed by atoms with E-state index in [0.717, 1.165) is 11.4 Å². The lowest BCUT2D eigenvalue weighted by Gasteiger charge is -2.06. The van der Waals surface area contributed by atoms with Crippen molar-refractivity contribution < 1.29 is 4.39 Å². The van der Waals surface area contributed by atoms with E-state index < -0.39 is 5.82 Å². The summed E-state index contributed by atoms with van der Waals surface area (Å²) in [6.07, 6.45) is 0. The Bertz CT molecular complexity index is 617. The summed E-state index contributed by atoms with van der Waals surface area (Å²) in [5, 5.41) is 0.328. The van der Waals surface area contributed by atoms with E-state index in [1.54, 1.807) is 6.07 Å². The molecule has 0 amide bonds. The van der Waals surface area contributed by atoms with E-state index in [4.69, 9.17) is 23.8 Å². The van der Waals surface area contributed by atoms with Gasteiger partial charge in [-0.1, -0.05) is 23.8 Å². The van der Waals surface area contributed by atoms with E-state index >= 15 is 0 Å². The fraction of sp³-hybridized carbons (Fsp3) is 0.167. The largest absolute Gasteiger partial charge is 0.347 e. The first-order chi connectivity index (χ1) is 7.97. The molecular weight excluding hydrogens is 259 g/mol. The minimum absolute atomic E-state index is 0.328. The lowest BCUT2D eigenvalue weighted by molar-refractivity contribution is 0.628. The summed E-state index contributed by atoms with van der Waals surface area (Å²) in [4.78, 5) is 7.40. The summed E-state index contributed by atoms with van der Waals surface area (Å²) in [7, 11) is 0. The first-order valence-corrected chi connectivity index (χ1v) is 5.80.